The van der Waals surface area contributed by atoms with Crippen molar-refractivity contribution in [2.75, 3.05) is 13.1 Å². The highest BCUT2D eigenvalue weighted by Gasteiger charge is 2.32. The SMILES string of the molecule is O=C(O)c1ccc2nc(C(=O)NC3CCN(C4CC4)CC3)n(Cc3cc(-c4ccc(Cl)s4)on3)c2c1. The van der Waals surface area contributed by atoms with Crippen LogP contribution in [-0.2, 0) is 6.54 Å². The zero-order valence-electron chi connectivity index (χ0n) is 19.3. The van der Waals surface area contributed by atoms with Crippen molar-refractivity contribution in [2.45, 2.75) is 44.3 Å². The first-order chi connectivity index (χ1) is 17.4. The van der Waals surface area contributed by atoms with Crippen molar-refractivity contribution in [3.05, 3.63) is 57.8 Å². The number of nitrogens with zero attached hydrogens (tertiary/aromatic N) is 4. The van der Waals surface area contributed by atoms with E-state index < -0.39 is 5.97 Å². The highest BCUT2D eigenvalue weighted by Crippen LogP contribution is 2.32. The van der Waals surface area contributed by atoms with Gasteiger partial charge in [0.25, 0.3) is 5.91 Å². The van der Waals surface area contributed by atoms with Gasteiger partial charge in [-0.15, -0.1) is 11.3 Å². The molecular formula is C25H24ClN5O4S. The first kappa shape index (κ1) is 23.2. The van der Waals surface area contributed by atoms with Crippen molar-refractivity contribution in [3.63, 3.8) is 0 Å². The Morgan fingerprint density at radius 1 is 1.14 bits per heavy atom. The molecule has 0 radical (unpaired) electrons. The highest BCUT2D eigenvalue weighted by molar-refractivity contribution is 7.19. The minimum absolute atomic E-state index is 0.0811. The number of thiophene rings is 1. The molecule has 186 valence electrons. The summed E-state index contributed by atoms with van der Waals surface area (Å²) in [5.41, 5.74) is 1.80. The molecule has 0 spiro atoms. The van der Waals surface area contributed by atoms with Crippen LogP contribution in [0.15, 0.2) is 40.9 Å². The van der Waals surface area contributed by atoms with Gasteiger partial charge >= 0.3 is 5.97 Å². The molecule has 1 amide bonds. The molecule has 0 bridgehead atoms. The Kier molecular flexibility index (Phi) is 6.02. The van der Waals surface area contributed by atoms with Gasteiger partial charge < -0.3 is 24.4 Å². The number of carbonyl (C=O) groups is 2. The van der Waals surface area contributed by atoms with Gasteiger partial charge in [-0.05, 0) is 56.0 Å². The van der Waals surface area contributed by atoms with E-state index in [1.807, 2.05) is 6.07 Å². The van der Waals surface area contributed by atoms with Gasteiger partial charge in [-0.2, -0.15) is 0 Å². The van der Waals surface area contributed by atoms with Crippen LogP contribution in [0, 0.1) is 0 Å². The van der Waals surface area contributed by atoms with Crippen LogP contribution < -0.4 is 5.32 Å². The maximum absolute atomic E-state index is 13.4. The molecule has 3 aromatic heterocycles. The Hall–Kier alpha value is -3.21. The summed E-state index contributed by atoms with van der Waals surface area (Å²) in [6.07, 6.45) is 4.37. The lowest BCUT2D eigenvalue weighted by molar-refractivity contribution is 0.0696. The van der Waals surface area contributed by atoms with Gasteiger partial charge in [0, 0.05) is 31.2 Å². The highest BCUT2D eigenvalue weighted by atomic mass is 35.5. The summed E-state index contributed by atoms with van der Waals surface area (Å²) in [4.78, 5) is 32.9. The molecule has 1 saturated heterocycles. The number of imidazole rings is 1. The number of carboxylic acid groups (broad SMARTS) is 1. The minimum Gasteiger partial charge on any atom is -0.478 e. The molecule has 1 aliphatic carbocycles. The predicted molar refractivity (Wildman–Crippen MR) is 136 cm³/mol. The van der Waals surface area contributed by atoms with Crippen LogP contribution in [-0.4, -0.2) is 61.8 Å². The van der Waals surface area contributed by atoms with Crippen molar-refractivity contribution in [1.29, 1.82) is 0 Å². The van der Waals surface area contributed by atoms with E-state index in [-0.39, 0.29) is 29.9 Å². The zero-order chi connectivity index (χ0) is 24.8. The van der Waals surface area contributed by atoms with Gasteiger partial charge in [0.2, 0.25) is 0 Å². The molecule has 9 nitrogen and oxygen atoms in total. The fourth-order valence-corrected chi connectivity index (χ4v) is 5.79. The quantitative estimate of drug-likeness (QED) is 0.365. The third-order valence-electron chi connectivity index (χ3n) is 6.82. The number of piperidine rings is 1. The van der Waals surface area contributed by atoms with E-state index in [2.05, 4.69) is 20.4 Å². The van der Waals surface area contributed by atoms with Gasteiger partial charge in [0.1, 0.15) is 5.69 Å². The fourth-order valence-electron chi connectivity index (χ4n) is 4.80. The van der Waals surface area contributed by atoms with Crippen LogP contribution in [0.4, 0.5) is 0 Å². The summed E-state index contributed by atoms with van der Waals surface area (Å²) in [5, 5.41) is 16.8. The smallest absolute Gasteiger partial charge is 0.335 e. The lowest BCUT2D eigenvalue weighted by Crippen LogP contribution is -2.45. The van der Waals surface area contributed by atoms with Crippen LogP contribution in [0.2, 0.25) is 4.34 Å². The van der Waals surface area contributed by atoms with Gasteiger partial charge in [-0.1, -0.05) is 16.8 Å². The molecular weight excluding hydrogens is 502 g/mol. The summed E-state index contributed by atoms with van der Waals surface area (Å²) in [5.74, 6) is -0.523. The molecule has 2 N–H and O–H groups in total. The second kappa shape index (κ2) is 9.34. The van der Waals surface area contributed by atoms with E-state index in [4.69, 9.17) is 16.1 Å². The Morgan fingerprint density at radius 3 is 2.64 bits per heavy atom. The maximum Gasteiger partial charge on any atom is 0.335 e. The molecule has 2 fully saturated rings. The lowest BCUT2D eigenvalue weighted by atomic mass is 10.0. The monoisotopic (exact) mass is 525 g/mol. The number of likely N-dealkylation sites (tertiary alicyclic amines) is 1. The standard InChI is InChI=1S/C25H24ClN5O4S/c26-22-6-5-21(36-22)20-12-16(29-35-20)13-31-19-11-14(25(33)34)1-4-18(19)28-23(31)24(32)27-15-7-9-30(10-8-15)17-2-3-17/h1,4-6,11-12,15,17H,2-3,7-10,13H2,(H,27,32)(H,33,34). The molecule has 2 aliphatic rings. The van der Waals surface area contributed by atoms with E-state index in [9.17, 15) is 14.7 Å². The number of carbonyl (C=O) groups excluding carboxylic acids is 1. The number of hydrogen-bond donors (Lipinski definition) is 2. The molecule has 1 aromatic carbocycles. The number of hydrogen-bond acceptors (Lipinski definition) is 7. The maximum atomic E-state index is 13.4. The third-order valence-corrected chi connectivity index (χ3v) is 8.07. The number of halogens is 1. The second-order valence-corrected chi connectivity index (χ2v) is 11.0. The largest absolute Gasteiger partial charge is 0.478 e. The molecule has 4 heterocycles. The summed E-state index contributed by atoms with van der Waals surface area (Å²) in [6.45, 7) is 2.18. The van der Waals surface area contributed by atoms with Crippen molar-refractivity contribution < 1.29 is 19.2 Å². The van der Waals surface area contributed by atoms with Crippen LogP contribution in [0.3, 0.4) is 0 Å². The average Bonchev–Trinajstić information content (AvgIpc) is 3.28. The molecule has 0 atom stereocenters. The number of aromatic nitrogens is 3. The van der Waals surface area contributed by atoms with Gasteiger partial charge in [0.15, 0.2) is 11.6 Å². The van der Waals surface area contributed by atoms with Crippen molar-refractivity contribution in [3.8, 4) is 10.6 Å². The number of carboxylic acids is 1. The molecule has 0 unspecified atom stereocenters. The average molecular weight is 526 g/mol. The van der Waals surface area contributed by atoms with Gasteiger partial charge in [-0.25, -0.2) is 9.78 Å². The van der Waals surface area contributed by atoms with Crippen LogP contribution in [0.5, 0.6) is 0 Å². The third kappa shape index (κ3) is 4.63. The Labute approximate surface area is 215 Å². The van der Waals surface area contributed by atoms with Crippen molar-refractivity contribution in [1.82, 2.24) is 24.9 Å². The first-order valence-corrected chi connectivity index (χ1v) is 13.1. The number of amides is 1. The normalized spacial score (nSPS) is 17.0. The van der Waals surface area contributed by atoms with E-state index in [1.54, 1.807) is 22.8 Å². The number of fused-ring (bicyclic) bond motifs is 1. The molecule has 36 heavy (non-hydrogen) atoms. The first-order valence-electron chi connectivity index (χ1n) is 11.9. The zero-order valence-corrected chi connectivity index (χ0v) is 20.9. The summed E-state index contributed by atoms with van der Waals surface area (Å²) >= 11 is 7.43. The topological polar surface area (TPSA) is 113 Å². The predicted octanol–water partition coefficient (Wildman–Crippen LogP) is 4.51. The summed E-state index contributed by atoms with van der Waals surface area (Å²) in [6, 6.07) is 10.9. The van der Waals surface area contributed by atoms with E-state index in [1.165, 1.54) is 36.3 Å². The lowest BCUT2D eigenvalue weighted by Gasteiger charge is -2.32. The second-order valence-electron chi connectivity index (χ2n) is 9.33. The van der Waals surface area contributed by atoms with Crippen molar-refractivity contribution in [2.24, 2.45) is 0 Å². The van der Waals surface area contributed by atoms with Crippen LogP contribution in [0.1, 0.15) is 52.4 Å². The summed E-state index contributed by atoms with van der Waals surface area (Å²) in [7, 11) is 0. The van der Waals surface area contributed by atoms with Gasteiger partial charge in [-0.3, -0.25) is 4.79 Å². The van der Waals surface area contributed by atoms with E-state index in [0.29, 0.717) is 26.8 Å². The minimum atomic E-state index is -1.05. The van der Waals surface area contributed by atoms with Crippen LogP contribution >= 0.6 is 22.9 Å². The number of nitrogens with one attached hydrogen (secondary N) is 1. The molecule has 4 aromatic rings. The van der Waals surface area contributed by atoms with E-state index >= 15 is 0 Å². The molecule has 11 heteroatoms. The Morgan fingerprint density at radius 2 is 1.94 bits per heavy atom. The van der Waals surface area contributed by atoms with Gasteiger partial charge in [0.05, 0.1) is 32.4 Å². The Bertz CT molecular complexity index is 1450. The van der Waals surface area contributed by atoms with E-state index in [0.717, 1.165) is 36.9 Å². The summed E-state index contributed by atoms with van der Waals surface area (Å²) < 4.78 is 7.86. The fraction of sp³-hybridized carbons (Fsp3) is 0.360. The van der Waals surface area contributed by atoms with Crippen molar-refractivity contribution >= 4 is 45.8 Å². The molecule has 6 rings (SSSR count). The molecule has 1 aliphatic heterocycles. The number of rotatable bonds is 7. The van der Waals surface area contributed by atoms with Crippen LogP contribution in [0.25, 0.3) is 21.7 Å². The number of aromatic carboxylic acids is 1. The number of benzene rings is 1. The Balaban J connectivity index is 1.29. The molecule has 1 saturated carbocycles.